The van der Waals surface area contributed by atoms with Crippen LogP contribution in [0.25, 0.3) is 0 Å². The zero-order chi connectivity index (χ0) is 10.6. The summed E-state index contributed by atoms with van der Waals surface area (Å²) >= 11 is 3.34. The van der Waals surface area contributed by atoms with Crippen molar-refractivity contribution in [1.82, 2.24) is 4.90 Å². The maximum atomic E-state index is 11.8. The highest BCUT2D eigenvalue weighted by Crippen LogP contribution is 2.11. The maximum absolute atomic E-state index is 11.8. The summed E-state index contributed by atoms with van der Waals surface area (Å²) in [5, 5.41) is 0. The number of hydrogen-bond donors (Lipinski definition) is 0. The number of amides is 1. The van der Waals surface area contributed by atoms with Gasteiger partial charge in [-0.05, 0) is 30.7 Å². The Hall–Kier alpha value is -0.830. The summed E-state index contributed by atoms with van der Waals surface area (Å²) in [5.41, 5.74) is 0.740. The first kappa shape index (κ1) is 11.2. The van der Waals surface area contributed by atoms with E-state index in [4.69, 9.17) is 0 Å². The van der Waals surface area contributed by atoms with Gasteiger partial charge in [0.25, 0.3) is 5.91 Å². The summed E-state index contributed by atoms with van der Waals surface area (Å²) in [6.45, 7) is 2.86. The number of rotatable bonds is 3. The quantitative estimate of drug-likeness (QED) is 0.814. The molecule has 0 N–H and O–H groups in total. The first-order valence-corrected chi connectivity index (χ1v) is 5.45. The fourth-order valence-corrected chi connectivity index (χ4v) is 1.51. The van der Waals surface area contributed by atoms with Crippen LogP contribution in [-0.4, -0.2) is 24.4 Å². The number of carbonyl (C=O) groups is 1. The number of halogens is 1. The minimum Gasteiger partial charge on any atom is -0.342 e. The molecular weight excluding hydrogens is 242 g/mol. The standard InChI is InChI=1S/C11H14BrNO/c1-3-8-13(2)11(14)9-4-6-10(12)7-5-9/h4-7H,3,8H2,1-2H3. The van der Waals surface area contributed by atoms with Gasteiger partial charge in [0.15, 0.2) is 0 Å². The molecule has 2 nitrogen and oxygen atoms in total. The molecule has 0 heterocycles. The molecule has 0 aromatic heterocycles. The molecule has 0 aliphatic heterocycles. The van der Waals surface area contributed by atoms with E-state index in [2.05, 4.69) is 22.9 Å². The molecule has 1 aromatic rings. The van der Waals surface area contributed by atoms with E-state index in [-0.39, 0.29) is 5.91 Å². The molecule has 1 rings (SSSR count). The molecule has 1 aromatic carbocycles. The van der Waals surface area contributed by atoms with Gasteiger partial charge in [0, 0.05) is 23.6 Å². The third kappa shape index (κ3) is 2.84. The van der Waals surface area contributed by atoms with Gasteiger partial charge in [0.05, 0.1) is 0 Å². The van der Waals surface area contributed by atoms with Crippen molar-refractivity contribution in [2.45, 2.75) is 13.3 Å². The van der Waals surface area contributed by atoms with Crippen LogP contribution in [0.4, 0.5) is 0 Å². The highest BCUT2D eigenvalue weighted by atomic mass is 79.9. The Morgan fingerprint density at radius 1 is 1.36 bits per heavy atom. The lowest BCUT2D eigenvalue weighted by Crippen LogP contribution is -2.27. The second-order valence-corrected chi connectivity index (χ2v) is 4.15. The molecular formula is C11H14BrNO. The van der Waals surface area contributed by atoms with E-state index in [0.29, 0.717) is 0 Å². The van der Waals surface area contributed by atoms with Crippen LogP contribution < -0.4 is 0 Å². The van der Waals surface area contributed by atoms with Crippen LogP contribution in [0.15, 0.2) is 28.7 Å². The maximum Gasteiger partial charge on any atom is 0.253 e. The summed E-state index contributed by atoms with van der Waals surface area (Å²) in [7, 11) is 1.83. The van der Waals surface area contributed by atoms with Gasteiger partial charge in [-0.25, -0.2) is 0 Å². The van der Waals surface area contributed by atoms with Crippen LogP contribution in [0.3, 0.4) is 0 Å². The SMILES string of the molecule is CCCN(C)C(=O)c1ccc(Br)cc1. The van der Waals surface area contributed by atoms with E-state index in [1.807, 2.05) is 31.3 Å². The summed E-state index contributed by atoms with van der Waals surface area (Å²) in [4.78, 5) is 13.5. The van der Waals surface area contributed by atoms with Crippen molar-refractivity contribution < 1.29 is 4.79 Å². The largest absolute Gasteiger partial charge is 0.342 e. The monoisotopic (exact) mass is 255 g/mol. The van der Waals surface area contributed by atoms with Gasteiger partial charge in [0.1, 0.15) is 0 Å². The molecule has 0 atom stereocenters. The summed E-state index contributed by atoms with van der Waals surface area (Å²) in [6.07, 6.45) is 0.985. The van der Waals surface area contributed by atoms with Crippen molar-refractivity contribution in [3.63, 3.8) is 0 Å². The van der Waals surface area contributed by atoms with Gasteiger partial charge in [-0.15, -0.1) is 0 Å². The predicted molar refractivity (Wildman–Crippen MR) is 61.4 cm³/mol. The lowest BCUT2D eigenvalue weighted by atomic mass is 10.2. The van der Waals surface area contributed by atoms with E-state index < -0.39 is 0 Å². The highest BCUT2D eigenvalue weighted by molar-refractivity contribution is 9.10. The lowest BCUT2D eigenvalue weighted by molar-refractivity contribution is 0.0795. The third-order valence-corrected chi connectivity index (χ3v) is 2.53. The van der Waals surface area contributed by atoms with Crippen LogP contribution in [-0.2, 0) is 0 Å². The van der Waals surface area contributed by atoms with Gasteiger partial charge in [-0.3, -0.25) is 4.79 Å². The molecule has 14 heavy (non-hydrogen) atoms. The van der Waals surface area contributed by atoms with Gasteiger partial charge in [0.2, 0.25) is 0 Å². The first-order chi connectivity index (χ1) is 6.65. The lowest BCUT2D eigenvalue weighted by Gasteiger charge is -2.15. The second kappa shape index (κ2) is 5.15. The Kier molecular flexibility index (Phi) is 4.14. The van der Waals surface area contributed by atoms with Gasteiger partial charge < -0.3 is 4.90 Å². The highest BCUT2D eigenvalue weighted by Gasteiger charge is 2.09. The van der Waals surface area contributed by atoms with Crippen LogP contribution in [0.5, 0.6) is 0 Å². The van der Waals surface area contributed by atoms with Crippen LogP contribution >= 0.6 is 15.9 Å². The van der Waals surface area contributed by atoms with Gasteiger partial charge in [-0.2, -0.15) is 0 Å². The number of hydrogen-bond acceptors (Lipinski definition) is 1. The Labute approximate surface area is 93.0 Å². The minimum atomic E-state index is 0.0827. The zero-order valence-electron chi connectivity index (χ0n) is 8.46. The zero-order valence-corrected chi connectivity index (χ0v) is 10.0. The van der Waals surface area contributed by atoms with Crippen LogP contribution in [0.2, 0.25) is 0 Å². The van der Waals surface area contributed by atoms with E-state index in [0.717, 1.165) is 23.0 Å². The molecule has 1 amide bonds. The molecule has 0 unspecified atom stereocenters. The summed E-state index contributed by atoms with van der Waals surface area (Å²) in [5.74, 6) is 0.0827. The number of carbonyl (C=O) groups excluding carboxylic acids is 1. The van der Waals surface area contributed by atoms with Crippen molar-refractivity contribution in [3.8, 4) is 0 Å². The molecule has 3 heteroatoms. The molecule has 0 bridgehead atoms. The van der Waals surface area contributed by atoms with Crippen molar-refractivity contribution >= 4 is 21.8 Å². The van der Waals surface area contributed by atoms with Gasteiger partial charge >= 0.3 is 0 Å². The van der Waals surface area contributed by atoms with Crippen molar-refractivity contribution in [3.05, 3.63) is 34.3 Å². The third-order valence-electron chi connectivity index (χ3n) is 2.00. The number of nitrogens with zero attached hydrogens (tertiary/aromatic N) is 1. The Balaban J connectivity index is 2.74. The second-order valence-electron chi connectivity index (χ2n) is 3.23. The average Bonchev–Trinajstić information content (AvgIpc) is 2.18. The smallest absolute Gasteiger partial charge is 0.253 e. The fourth-order valence-electron chi connectivity index (χ4n) is 1.25. The topological polar surface area (TPSA) is 20.3 Å². The molecule has 0 fully saturated rings. The molecule has 0 spiro atoms. The van der Waals surface area contributed by atoms with E-state index >= 15 is 0 Å². The molecule has 0 saturated carbocycles. The summed E-state index contributed by atoms with van der Waals surface area (Å²) in [6, 6.07) is 7.43. The fraction of sp³-hybridized carbons (Fsp3) is 0.364. The average molecular weight is 256 g/mol. The van der Waals surface area contributed by atoms with Gasteiger partial charge in [-0.1, -0.05) is 22.9 Å². The Morgan fingerprint density at radius 3 is 2.43 bits per heavy atom. The molecule has 0 radical (unpaired) electrons. The number of benzene rings is 1. The van der Waals surface area contributed by atoms with E-state index in [1.54, 1.807) is 4.90 Å². The van der Waals surface area contributed by atoms with Crippen molar-refractivity contribution in [2.75, 3.05) is 13.6 Å². The van der Waals surface area contributed by atoms with E-state index in [1.165, 1.54) is 0 Å². The van der Waals surface area contributed by atoms with Crippen LogP contribution in [0.1, 0.15) is 23.7 Å². The molecule has 0 aliphatic carbocycles. The molecule has 0 saturated heterocycles. The Morgan fingerprint density at radius 2 is 1.93 bits per heavy atom. The van der Waals surface area contributed by atoms with Crippen LogP contribution in [0, 0.1) is 0 Å². The first-order valence-electron chi connectivity index (χ1n) is 4.66. The van der Waals surface area contributed by atoms with E-state index in [9.17, 15) is 4.79 Å². The predicted octanol–water partition coefficient (Wildman–Crippen LogP) is 2.93. The van der Waals surface area contributed by atoms with Crippen molar-refractivity contribution in [1.29, 1.82) is 0 Å². The van der Waals surface area contributed by atoms with Crippen molar-refractivity contribution in [2.24, 2.45) is 0 Å². The summed E-state index contributed by atoms with van der Waals surface area (Å²) < 4.78 is 0.993. The molecule has 76 valence electrons. The Bertz CT molecular complexity index is 308. The normalized spacial score (nSPS) is 9.93. The molecule has 0 aliphatic rings. The minimum absolute atomic E-state index is 0.0827.